The second-order valence-corrected chi connectivity index (χ2v) is 5.03. The van der Waals surface area contributed by atoms with E-state index in [9.17, 15) is 4.79 Å². The van der Waals surface area contributed by atoms with Gasteiger partial charge in [-0.3, -0.25) is 4.79 Å². The molecule has 0 aliphatic carbocycles. The number of hydrogen-bond donors (Lipinski definition) is 1. The smallest absolute Gasteiger partial charge is 0.235 e. The Balaban J connectivity index is 2.63. The molecule has 1 aromatic carbocycles. The first-order valence-corrected chi connectivity index (χ1v) is 6.50. The third-order valence-corrected chi connectivity index (χ3v) is 2.87. The van der Waals surface area contributed by atoms with Gasteiger partial charge >= 0.3 is 0 Å². The summed E-state index contributed by atoms with van der Waals surface area (Å²) in [6.07, 6.45) is 1.09. The molecule has 0 aromatic heterocycles. The average molecular weight is 254 g/mol. The topological polar surface area (TPSA) is 29.1 Å². The molecule has 1 N–H and O–H groups in total. The summed E-state index contributed by atoms with van der Waals surface area (Å²) in [4.78, 5) is 11.2. The highest BCUT2D eigenvalue weighted by Crippen LogP contribution is 2.15. The van der Waals surface area contributed by atoms with Gasteiger partial charge in [0.05, 0.1) is 6.04 Å². The van der Waals surface area contributed by atoms with Crippen LogP contribution >= 0.6 is 11.6 Å². The normalized spacial score (nSPS) is 12.5. The van der Waals surface area contributed by atoms with E-state index in [1.54, 1.807) is 0 Å². The SMILES string of the molecule is CC(C)Cc1ccc([C@H](C)NC(=O)CCl)cc1. The number of hydrogen-bond acceptors (Lipinski definition) is 1. The van der Waals surface area contributed by atoms with Gasteiger partial charge in [0.25, 0.3) is 0 Å². The monoisotopic (exact) mass is 253 g/mol. The van der Waals surface area contributed by atoms with Crippen LogP contribution < -0.4 is 5.32 Å². The van der Waals surface area contributed by atoms with Gasteiger partial charge in [0.15, 0.2) is 0 Å². The largest absolute Gasteiger partial charge is 0.349 e. The lowest BCUT2D eigenvalue weighted by Gasteiger charge is -2.14. The Morgan fingerprint density at radius 2 is 1.82 bits per heavy atom. The number of amides is 1. The van der Waals surface area contributed by atoms with Crippen LogP contribution in [0.25, 0.3) is 0 Å². The van der Waals surface area contributed by atoms with Crippen LogP contribution in [-0.4, -0.2) is 11.8 Å². The van der Waals surface area contributed by atoms with Gasteiger partial charge in [-0.05, 0) is 30.4 Å². The molecule has 0 spiro atoms. The van der Waals surface area contributed by atoms with E-state index < -0.39 is 0 Å². The molecule has 0 aliphatic rings. The minimum absolute atomic E-state index is 0.00866. The van der Waals surface area contributed by atoms with Gasteiger partial charge in [0, 0.05) is 0 Å². The average Bonchev–Trinajstić information content (AvgIpc) is 2.28. The second kappa shape index (κ2) is 6.65. The molecule has 1 atom stereocenters. The molecule has 0 radical (unpaired) electrons. The van der Waals surface area contributed by atoms with E-state index >= 15 is 0 Å². The van der Waals surface area contributed by atoms with Gasteiger partial charge in [-0.15, -0.1) is 11.6 Å². The van der Waals surface area contributed by atoms with Crippen LogP contribution in [0, 0.1) is 5.92 Å². The van der Waals surface area contributed by atoms with Crippen LogP contribution in [0.3, 0.4) is 0 Å². The molecule has 0 fully saturated rings. The zero-order valence-electron chi connectivity index (χ0n) is 10.7. The van der Waals surface area contributed by atoms with E-state index in [0.29, 0.717) is 5.92 Å². The number of carbonyl (C=O) groups is 1. The summed E-state index contributed by atoms with van der Waals surface area (Å²) in [5, 5.41) is 2.84. The molecule has 0 heterocycles. The lowest BCUT2D eigenvalue weighted by Crippen LogP contribution is -2.27. The van der Waals surface area contributed by atoms with Crippen molar-refractivity contribution < 1.29 is 4.79 Å². The summed E-state index contributed by atoms with van der Waals surface area (Å²) in [5.41, 5.74) is 2.44. The summed E-state index contributed by atoms with van der Waals surface area (Å²) in [6, 6.07) is 8.39. The first kappa shape index (κ1) is 14.0. The molecular weight excluding hydrogens is 234 g/mol. The van der Waals surface area contributed by atoms with Crippen LogP contribution in [-0.2, 0) is 11.2 Å². The fourth-order valence-corrected chi connectivity index (χ4v) is 1.85. The fourth-order valence-electron chi connectivity index (χ4n) is 1.78. The van der Waals surface area contributed by atoms with Crippen molar-refractivity contribution in [3.05, 3.63) is 35.4 Å². The zero-order valence-corrected chi connectivity index (χ0v) is 11.4. The molecule has 94 valence electrons. The van der Waals surface area contributed by atoms with Crippen molar-refractivity contribution in [2.75, 3.05) is 5.88 Å². The lowest BCUT2D eigenvalue weighted by atomic mass is 10.00. The summed E-state index contributed by atoms with van der Waals surface area (Å²) in [6.45, 7) is 6.37. The molecule has 1 amide bonds. The third kappa shape index (κ3) is 4.78. The number of alkyl halides is 1. The summed E-state index contributed by atoms with van der Waals surface area (Å²) < 4.78 is 0. The van der Waals surface area contributed by atoms with Crippen LogP contribution in [0.2, 0.25) is 0 Å². The number of halogens is 1. The molecular formula is C14H20ClNO. The Bertz CT molecular complexity index is 359. The van der Waals surface area contributed by atoms with Gasteiger partial charge in [-0.1, -0.05) is 38.1 Å². The number of carbonyl (C=O) groups excluding carboxylic acids is 1. The molecule has 0 saturated carbocycles. The van der Waals surface area contributed by atoms with Crippen LogP contribution in [0.4, 0.5) is 0 Å². The fraction of sp³-hybridized carbons (Fsp3) is 0.500. The van der Waals surface area contributed by atoms with Gasteiger partial charge in [0.1, 0.15) is 5.88 Å². The highest BCUT2D eigenvalue weighted by Gasteiger charge is 2.08. The maximum absolute atomic E-state index is 11.2. The van der Waals surface area contributed by atoms with Crippen molar-refractivity contribution in [1.29, 1.82) is 0 Å². The van der Waals surface area contributed by atoms with Crippen molar-refractivity contribution >= 4 is 17.5 Å². The van der Waals surface area contributed by atoms with E-state index in [4.69, 9.17) is 11.6 Å². The maximum atomic E-state index is 11.2. The van der Waals surface area contributed by atoms with Crippen LogP contribution in [0.5, 0.6) is 0 Å². The Kier molecular flexibility index (Phi) is 5.49. The van der Waals surface area contributed by atoms with Gasteiger partial charge in [-0.2, -0.15) is 0 Å². The predicted octanol–water partition coefficient (Wildman–Crippen LogP) is 3.30. The second-order valence-electron chi connectivity index (χ2n) is 4.76. The number of benzene rings is 1. The molecule has 17 heavy (non-hydrogen) atoms. The van der Waals surface area contributed by atoms with Crippen LogP contribution in [0.15, 0.2) is 24.3 Å². The van der Waals surface area contributed by atoms with Gasteiger partial charge in [-0.25, -0.2) is 0 Å². The van der Waals surface area contributed by atoms with E-state index in [1.807, 2.05) is 6.92 Å². The quantitative estimate of drug-likeness (QED) is 0.802. The summed E-state index contributed by atoms with van der Waals surface area (Å²) in [7, 11) is 0. The first-order chi connectivity index (χ1) is 8.02. The van der Waals surface area contributed by atoms with E-state index in [1.165, 1.54) is 5.56 Å². The molecule has 0 aliphatic heterocycles. The highest BCUT2D eigenvalue weighted by atomic mass is 35.5. The van der Waals surface area contributed by atoms with Crippen molar-refractivity contribution in [2.45, 2.75) is 33.2 Å². The Labute approximate surface area is 108 Å². The first-order valence-electron chi connectivity index (χ1n) is 5.97. The van der Waals surface area contributed by atoms with Crippen molar-refractivity contribution in [1.82, 2.24) is 5.32 Å². The predicted molar refractivity (Wildman–Crippen MR) is 72.3 cm³/mol. The van der Waals surface area contributed by atoms with Gasteiger partial charge < -0.3 is 5.32 Å². The lowest BCUT2D eigenvalue weighted by molar-refractivity contribution is -0.119. The Morgan fingerprint density at radius 1 is 1.24 bits per heavy atom. The molecule has 0 saturated heterocycles. The third-order valence-electron chi connectivity index (χ3n) is 2.62. The van der Waals surface area contributed by atoms with Crippen molar-refractivity contribution in [3.8, 4) is 0 Å². The van der Waals surface area contributed by atoms with E-state index in [0.717, 1.165) is 12.0 Å². The highest BCUT2D eigenvalue weighted by molar-refractivity contribution is 6.27. The molecule has 1 aromatic rings. The standard InChI is InChI=1S/C14H20ClNO/c1-10(2)8-12-4-6-13(7-5-12)11(3)16-14(17)9-15/h4-7,10-11H,8-9H2,1-3H3,(H,16,17)/t11-/m0/s1. The number of rotatable bonds is 5. The van der Waals surface area contributed by atoms with Crippen molar-refractivity contribution in [3.63, 3.8) is 0 Å². The maximum Gasteiger partial charge on any atom is 0.235 e. The summed E-state index contributed by atoms with van der Waals surface area (Å²) >= 11 is 5.45. The van der Waals surface area contributed by atoms with E-state index in [2.05, 4.69) is 43.4 Å². The van der Waals surface area contributed by atoms with E-state index in [-0.39, 0.29) is 17.8 Å². The Hall–Kier alpha value is -1.02. The molecule has 0 unspecified atom stereocenters. The van der Waals surface area contributed by atoms with Crippen LogP contribution in [0.1, 0.15) is 37.9 Å². The van der Waals surface area contributed by atoms with Crippen molar-refractivity contribution in [2.24, 2.45) is 5.92 Å². The Morgan fingerprint density at radius 3 is 2.29 bits per heavy atom. The summed E-state index contributed by atoms with van der Waals surface area (Å²) in [5.74, 6) is 0.537. The minimum atomic E-state index is -0.134. The zero-order chi connectivity index (χ0) is 12.8. The molecule has 1 rings (SSSR count). The number of nitrogens with one attached hydrogen (secondary N) is 1. The van der Waals surface area contributed by atoms with Gasteiger partial charge in [0.2, 0.25) is 5.91 Å². The molecule has 2 nitrogen and oxygen atoms in total. The molecule has 0 bridgehead atoms. The minimum Gasteiger partial charge on any atom is -0.349 e. The molecule has 3 heteroatoms.